The number of thiol groups is 1. The largest absolute Gasteiger partial charge is 1.00 e. The van der Waals surface area contributed by atoms with Crippen molar-refractivity contribution in [2.24, 2.45) is 104 Å². The van der Waals surface area contributed by atoms with Gasteiger partial charge in [0, 0.05) is 55.8 Å². The molecule has 19 nitrogen and oxygen atoms in total. The minimum Gasteiger partial charge on any atom is -1.00 e. The highest BCUT2D eigenvalue weighted by atomic mass is 35.5. The monoisotopic (exact) mass is 1590 g/mol. The van der Waals surface area contributed by atoms with Gasteiger partial charge in [0.1, 0.15) is 40.8 Å². The molecule has 600 valence electrons. The van der Waals surface area contributed by atoms with Crippen molar-refractivity contribution in [2.45, 2.75) is 277 Å². The lowest BCUT2D eigenvalue weighted by molar-refractivity contribution is -0.457. The van der Waals surface area contributed by atoms with E-state index in [1.54, 1.807) is 27.2 Å². The molecule has 11 N–H and O–H groups in total. The van der Waals surface area contributed by atoms with Crippen molar-refractivity contribution in [1.82, 2.24) is 15.6 Å². The number of carboxylic acids is 4. The van der Waals surface area contributed by atoms with Gasteiger partial charge in [-0.25, -0.2) is 14.6 Å². The molecule has 0 spiro atoms. The highest BCUT2D eigenvalue weighted by Gasteiger charge is 2.61. The van der Waals surface area contributed by atoms with Crippen molar-refractivity contribution in [1.29, 1.82) is 0 Å². The second-order valence-electron chi connectivity index (χ2n) is 33.9. The number of hydrogen-bond donors (Lipinski definition) is 10. The number of fused-ring (bicyclic) bond motifs is 10. The standard InChI is InChI=1S/C39H62N4O2S2.C38H63N3O6S2.C4H6O4S.ClH/c1-27(2)10-8-11-28(3)32-16-17-33-31-15-14-29-26-30(18-20-38(29,4)34(31)19-21-39(32,33)5)45-37(44)43-24-23-41-35(40)12-9-25-46-47-36-13-6-7-22-42-36;1-24(2)8-6-9-25(3)29-13-14-30-28-12-11-26-22-27(15-17-37(26,4)31(28)16-18-38(29,30)5)47-36(46)41-20-19-40-33(39)10-7-21-48-49-32(35(44)45)23-34(42)43;5-3(6)1-2(9)4(7)8;/h6-7,13-14,22,27-28,30-34H,8-12,15-21,23-26H2,1-5H3,(H2,40,41)(H,43,44);11,24-25,27-32H,6-10,12-23H2,1-5H3,(H2,39,40)(H,41,46)(H,42,43)(H,44,45);2,9H,1H2,(H,5,6)(H,7,8);1H. The molecule has 0 radical (unpaired) electrons. The van der Waals surface area contributed by atoms with Gasteiger partial charge in [0.25, 0.3) is 0 Å². The number of rotatable bonds is 36. The Morgan fingerprint density at radius 1 is 0.623 bits per heavy atom. The number of halogens is 1. The van der Waals surface area contributed by atoms with E-state index in [0.29, 0.717) is 61.4 Å². The van der Waals surface area contributed by atoms with Gasteiger partial charge in [0.15, 0.2) is 0 Å². The van der Waals surface area contributed by atoms with Crippen LogP contribution in [0.3, 0.4) is 0 Å². The molecule has 0 aromatic carbocycles. The lowest BCUT2D eigenvalue weighted by Gasteiger charge is -2.58. The van der Waals surface area contributed by atoms with E-state index < -0.39 is 47.2 Å². The smallest absolute Gasteiger partial charge is 0.407 e. The lowest BCUT2D eigenvalue weighted by atomic mass is 9.47. The zero-order valence-electron chi connectivity index (χ0n) is 65.3. The Bertz CT molecular complexity index is 3120. The number of hydrogen-bond acceptors (Lipinski definition) is 15. The van der Waals surface area contributed by atoms with Gasteiger partial charge in [-0.1, -0.05) is 170 Å². The van der Waals surface area contributed by atoms with Crippen molar-refractivity contribution in [2.75, 3.05) is 37.7 Å². The van der Waals surface area contributed by atoms with E-state index in [2.05, 4.69) is 120 Å². The first-order chi connectivity index (χ1) is 49.9. The Balaban J connectivity index is 0.000000295. The summed E-state index contributed by atoms with van der Waals surface area (Å²) < 4.78 is 11.9. The van der Waals surface area contributed by atoms with Crippen molar-refractivity contribution in [3.63, 3.8) is 0 Å². The topological polar surface area (TPSA) is 322 Å². The fraction of sp³-hybridized carbons (Fsp3) is 0.790. The molecule has 1 aromatic rings. The summed E-state index contributed by atoms with van der Waals surface area (Å²) >= 11 is 3.48. The summed E-state index contributed by atoms with van der Waals surface area (Å²) in [5.74, 6) is 8.06. The number of nitrogens with zero attached hydrogens (tertiary/aromatic N) is 1. The summed E-state index contributed by atoms with van der Waals surface area (Å²) in [6, 6.07) is 5.96. The molecular weight excluding hydrogens is 1460 g/mol. The predicted octanol–water partition coefficient (Wildman–Crippen LogP) is 10.3. The minimum atomic E-state index is -1.37. The maximum absolute atomic E-state index is 12.7. The highest BCUT2D eigenvalue weighted by molar-refractivity contribution is 8.77. The van der Waals surface area contributed by atoms with Crippen LogP contribution in [0.4, 0.5) is 9.59 Å². The molecule has 8 aliphatic rings. The predicted molar refractivity (Wildman–Crippen MR) is 427 cm³/mol. The number of nitrogens with one attached hydrogen (secondary N) is 4. The number of carbonyl (C=O) groups excluding carboxylic acids is 3. The van der Waals surface area contributed by atoms with Crippen LogP contribution in [0, 0.1) is 92.7 Å². The normalized spacial score (nSPS) is 30.5. The van der Waals surface area contributed by atoms with Crippen LogP contribution in [-0.4, -0.2) is 128 Å². The summed E-state index contributed by atoms with van der Waals surface area (Å²) in [7, 11) is 5.83. The van der Waals surface area contributed by atoms with E-state index in [1.807, 2.05) is 24.4 Å². The molecule has 6 fully saturated rings. The number of nitrogens with two attached hydrogens (primary N) is 2. The molecule has 6 saturated carbocycles. The number of carbonyl (C=O) groups is 6. The number of allylic oxidation sites excluding steroid dienone is 2. The summed E-state index contributed by atoms with van der Waals surface area (Å²) in [5, 5.41) is 40.6. The van der Waals surface area contributed by atoms with Gasteiger partial charge in [0.2, 0.25) is 11.7 Å². The summed E-state index contributed by atoms with van der Waals surface area (Å²) in [6.07, 6.45) is 36.1. The lowest BCUT2D eigenvalue weighted by Crippen LogP contribution is -3.00. The van der Waals surface area contributed by atoms with Crippen LogP contribution < -0.4 is 49.6 Å². The number of aromatic nitrogens is 1. The number of pyridine rings is 1. The maximum Gasteiger partial charge on any atom is 0.407 e. The Labute approximate surface area is 662 Å². The van der Waals surface area contributed by atoms with E-state index in [9.17, 15) is 33.9 Å². The van der Waals surface area contributed by atoms with Gasteiger partial charge in [-0.15, -0.1) is 0 Å². The number of ether oxygens (including phenoxy) is 2. The van der Waals surface area contributed by atoms with Crippen LogP contribution in [-0.2, 0) is 28.7 Å². The summed E-state index contributed by atoms with van der Waals surface area (Å²) in [4.78, 5) is 77.6. The van der Waals surface area contributed by atoms with Crippen molar-refractivity contribution in [3.8, 4) is 0 Å². The van der Waals surface area contributed by atoms with E-state index in [0.717, 1.165) is 150 Å². The fourth-order valence-electron chi connectivity index (χ4n) is 20.7. The number of amidine groups is 2. The van der Waals surface area contributed by atoms with E-state index in [1.165, 1.54) is 119 Å². The molecule has 2 amide bonds. The zero-order valence-corrected chi connectivity index (χ0v) is 70.2. The SMILES string of the molecule is CC(C)CCCC(C)C1CCC2C3CC=C4CC(OC(=O)NCC[NH+]=C(N)CCCSSC(CC(=O)[O-])C(=O)O)CCC4(C)C3CCC12C.CC(C)CCCC(C)C1CCC2C3CC=C4CC(OC(=O)NCC[NH+]=C(N)CCCSSc5ccccn5)CCC4(C)C3CCC12C.O=C(O)CC(S)C(=O)O.[Cl-]. The van der Waals surface area contributed by atoms with Crippen molar-refractivity contribution >= 4 is 104 Å². The first kappa shape index (κ1) is 90.9. The van der Waals surface area contributed by atoms with Crippen LogP contribution in [0.1, 0.15) is 249 Å². The fourth-order valence-corrected chi connectivity index (χ4v) is 25.2. The molecule has 8 aliphatic carbocycles. The highest BCUT2D eigenvalue weighted by Crippen LogP contribution is 2.69. The number of aliphatic carboxylic acids is 4. The third-order valence-electron chi connectivity index (χ3n) is 26.2. The molecule has 0 aliphatic heterocycles. The molecular formula is C81H132ClN7O12S5. The van der Waals surface area contributed by atoms with Gasteiger partial charge in [-0.3, -0.25) is 35.8 Å². The van der Waals surface area contributed by atoms with Crippen LogP contribution in [0.5, 0.6) is 0 Å². The molecule has 1 aromatic heterocycles. The molecule has 1 heterocycles. The number of alkyl carbamates (subject to hydrolysis) is 2. The first-order valence-corrected chi connectivity index (χ1v) is 45.1. The van der Waals surface area contributed by atoms with Crippen molar-refractivity contribution < 1.29 is 81.1 Å². The second kappa shape index (κ2) is 43.7. The first-order valence-electron chi connectivity index (χ1n) is 39.9. The van der Waals surface area contributed by atoms with Gasteiger partial charge >= 0.3 is 30.1 Å². The average molecular weight is 1590 g/mol. The quantitative estimate of drug-likeness (QED) is 0.00745. The average Bonchev–Trinajstić information content (AvgIpc) is 1.40. The number of carboxylic acid groups (broad SMARTS) is 4. The summed E-state index contributed by atoms with van der Waals surface area (Å²) in [6.45, 7) is 26.9. The Hall–Kier alpha value is -3.97. The van der Waals surface area contributed by atoms with Crippen molar-refractivity contribution in [3.05, 3.63) is 47.7 Å². The Morgan fingerprint density at radius 2 is 1.09 bits per heavy atom. The molecule has 18 atom stereocenters. The molecule has 25 heteroatoms. The molecule has 18 unspecified atom stereocenters. The van der Waals surface area contributed by atoms with Crippen LogP contribution in [0.25, 0.3) is 0 Å². The van der Waals surface area contributed by atoms with Gasteiger partial charge in [-0.05, 0) is 218 Å². The van der Waals surface area contributed by atoms with E-state index >= 15 is 0 Å². The van der Waals surface area contributed by atoms with Crippen LogP contribution in [0.2, 0.25) is 0 Å². The number of amides is 2. The molecule has 0 saturated heterocycles. The zero-order chi connectivity index (χ0) is 76.7. The third kappa shape index (κ3) is 26.1. The maximum atomic E-state index is 12.7. The Kier molecular flexibility index (Phi) is 37.5. The van der Waals surface area contributed by atoms with Gasteiger partial charge < -0.3 is 57.7 Å². The van der Waals surface area contributed by atoms with E-state index in [-0.39, 0.29) is 47.6 Å². The van der Waals surface area contributed by atoms with Gasteiger partial charge in [0.05, 0.1) is 19.5 Å². The Morgan fingerprint density at radius 3 is 1.50 bits per heavy atom. The molecule has 106 heavy (non-hydrogen) atoms. The van der Waals surface area contributed by atoms with E-state index in [4.69, 9.17) is 36.3 Å². The van der Waals surface area contributed by atoms with Gasteiger partial charge in [-0.2, -0.15) is 12.6 Å². The summed E-state index contributed by atoms with van der Waals surface area (Å²) in [5.41, 5.74) is 16.8. The van der Waals surface area contributed by atoms with Crippen LogP contribution in [0.15, 0.2) is 52.7 Å². The molecule has 0 bridgehead atoms. The third-order valence-corrected chi connectivity index (χ3v) is 31.7. The minimum absolute atomic E-state index is 0. The molecule has 9 rings (SSSR count). The van der Waals surface area contributed by atoms with Crippen LogP contribution >= 0.6 is 55.8 Å². The second-order valence-corrected chi connectivity index (χ2v) is 39.7.